The molecule has 1 aromatic rings. The van der Waals surface area contributed by atoms with Crippen LogP contribution in [0.2, 0.25) is 5.02 Å². The maximum absolute atomic E-state index is 6.15. The first-order chi connectivity index (χ1) is 9.74. The normalized spacial score (nSPS) is 27.9. The van der Waals surface area contributed by atoms with Crippen LogP contribution in [0.1, 0.15) is 37.7 Å². The minimum absolute atomic E-state index is 0.688. The Morgan fingerprint density at radius 3 is 2.95 bits per heavy atom. The number of nitrogens with zero attached hydrogens (tertiary/aromatic N) is 1. The van der Waals surface area contributed by atoms with Gasteiger partial charge in [0, 0.05) is 28.1 Å². The van der Waals surface area contributed by atoms with E-state index in [-0.39, 0.29) is 0 Å². The Hall–Kier alpha value is -0.0900. The Bertz CT molecular complexity index is 460. The van der Waals surface area contributed by atoms with Gasteiger partial charge in [0.2, 0.25) is 0 Å². The summed E-state index contributed by atoms with van der Waals surface area (Å²) in [5.74, 6) is 0. The number of hydrogen-bond acceptors (Lipinski definition) is 2. The Kier molecular flexibility index (Phi) is 5.03. The van der Waals surface area contributed by atoms with E-state index in [0.717, 1.165) is 11.6 Å². The van der Waals surface area contributed by atoms with Gasteiger partial charge in [0.05, 0.1) is 0 Å². The molecule has 20 heavy (non-hydrogen) atoms. The minimum atomic E-state index is 0.688. The smallest absolute Gasteiger partial charge is 0.0410 e. The predicted octanol–water partition coefficient (Wildman–Crippen LogP) is 4.21. The van der Waals surface area contributed by atoms with Gasteiger partial charge in [0.1, 0.15) is 0 Å². The summed E-state index contributed by atoms with van der Waals surface area (Å²) < 4.78 is 1.17. The molecular weight excluding hydrogens is 336 g/mol. The second-order valence-corrected chi connectivity index (χ2v) is 7.26. The van der Waals surface area contributed by atoms with Crippen LogP contribution in [0.3, 0.4) is 0 Å². The Labute approximate surface area is 135 Å². The maximum Gasteiger partial charge on any atom is 0.0410 e. The lowest BCUT2D eigenvalue weighted by atomic mass is 9.94. The van der Waals surface area contributed by atoms with E-state index >= 15 is 0 Å². The summed E-state index contributed by atoms with van der Waals surface area (Å²) in [6, 6.07) is 7.48. The van der Waals surface area contributed by atoms with Crippen molar-refractivity contribution in [3.63, 3.8) is 0 Å². The lowest BCUT2D eigenvalue weighted by Crippen LogP contribution is -2.49. The highest BCUT2D eigenvalue weighted by atomic mass is 79.9. The molecule has 2 nitrogen and oxygen atoms in total. The van der Waals surface area contributed by atoms with Gasteiger partial charge in [-0.05, 0) is 62.5 Å². The standard InChI is InChI=1S/C16H22BrClN2/c17-14-7-6-13(18)10-12(14)11-20-9-2-1-5-16(20)15-4-3-8-19-15/h6-7,10,15-16,19H,1-5,8-9,11H2. The summed E-state index contributed by atoms with van der Waals surface area (Å²) in [5, 5.41) is 4.52. The van der Waals surface area contributed by atoms with Crippen LogP contribution < -0.4 is 5.32 Å². The lowest BCUT2D eigenvalue weighted by molar-refractivity contribution is 0.112. The molecule has 2 aliphatic heterocycles. The molecule has 2 unspecified atom stereocenters. The summed E-state index contributed by atoms with van der Waals surface area (Å²) in [4.78, 5) is 2.66. The third-order valence-corrected chi connectivity index (χ3v) is 5.62. The van der Waals surface area contributed by atoms with E-state index in [4.69, 9.17) is 11.6 Å². The van der Waals surface area contributed by atoms with Crippen molar-refractivity contribution in [3.8, 4) is 0 Å². The molecule has 3 rings (SSSR count). The number of rotatable bonds is 3. The average Bonchev–Trinajstić information content (AvgIpc) is 2.97. The van der Waals surface area contributed by atoms with Gasteiger partial charge in [-0.1, -0.05) is 34.0 Å². The van der Waals surface area contributed by atoms with Crippen LogP contribution in [0.4, 0.5) is 0 Å². The van der Waals surface area contributed by atoms with E-state index < -0.39 is 0 Å². The number of hydrogen-bond donors (Lipinski definition) is 1. The molecule has 2 aliphatic rings. The van der Waals surface area contributed by atoms with Gasteiger partial charge in [-0.2, -0.15) is 0 Å². The summed E-state index contributed by atoms with van der Waals surface area (Å²) in [6.07, 6.45) is 6.68. The zero-order valence-electron chi connectivity index (χ0n) is 11.7. The minimum Gasteiger partial charge on any atom is -0.312 e. The van der Waals surface area contributed by atoms with Crippen molar-refractivity contribution >= 4 is 27.5 Å². The Balaban J connectivity index is 1.74. The zero-order valence-corrected chi connectivity index (χ0v) is 14.1. The fraction of sp³-hybridized carbons (Fsp3) is 0.625. The van der Waals surface area contributed by atoms with Crippen LogP contribution in [0.15, 0.2) is 22.7 Å². The maximum atomic E-state index is 6.15. The molecule has 0 aromatic heterocycles. The lowest BCUT2D eigenvalue weighted by Gasteiger charge is -2.39. The molecule has 0 radical (unpaired) electrons. The van der Waals surface area contributed by atoms with Crippen LogP contribution >= 0.6 is 27.5 Å². The molecule has 4 heteroatoms. The molecule has 2 atom stereocenters. The molecule has 1 N–H and O–H groups in total. The first kappa shape index (κ1) is 14.8. The molecule has 110 valence electrons. The molecule has 0 spiro atoms. The zero-order chi connectivity index (χ0) is 13.9. The van der Waals surface area contributed by atoms with Gasteiger partial charge >= 0.3 is 0 Å². The van der Waals surface area contributed by atoms with Crippen molar-refractivity contribution in [2.45, 2.75) is 50.7 Å². The van der Waals surface area contributed by atoms with E-state index in [1.54, 1.807) is 0 Å². The van der Waals surface area contributed by atoms with Gasteiger partial charge < -0.3 is 5.32 Å². The van der Waals surface area contributed by atoms with E-state index in [9.17, 15) is 0 Å². The van der Waals surface area contributed by atoms with Crippen LogP contribution in [-0.4, -0.2) is 30.1 Å². The number of benzene rings is 1. The van der Waals surface area contributed by atoms with E-state index in [0.29, 0.717) is 12.1 Å². The third-order valence-electron chi connectivity index (χ3n) is 4.61. The average molecular weight is 358 g/mol. The summed E-state index contributed by atoms with van der Waals surface area (Å²) in [5.41, 5.74) is 1.31. The summed E-state index contributed by atoms with van der Waals surface area (Å²) >= 11 is 9.81. The number of halogens is 2. The largest absolute Gasteiger partial charge is 0.312 e. The molecule has 0 amide bonds. The Morgan fingerprint density at radius 1 is 1.25 bits per heavy atom. The number of likely N-dealkylation sites (tertiary alicyclic amines) is 1. The molecule has 0 saturated carbocycles. The van der Waals surface area contributed by atoms with Gasteiger partial charge in [-0.25, -0.2) is 0 Å². The van der Waals surface area contributed by atoms with Crippen LogP contribution in [-0.2, 0) is 6.54 Å². The highest BCUT2D eigenvalue weighted by Gasteiger charge is 2.31. The van der Waals surface area contributed by atoms with Crippen molar-refractivity contribution < 1.29 is 0 Å². The highest BCUT2D eigenvalue weighted by molar-refractivity contribution is 9.10. The van der Waals surface area contributed by atoms with Gasteiger partial charge in [-0.3, -0.25) is 4.90 Å². The topological polar surface area (TPSA) is 15.3 Å². The van der Waals surface area contributed by atoms with Gasteiger partial charge in [-0.15, -0.1) is 0 Å². The van der Waals surface area contributed by atoms with Crippen molar-refractivity contribution in [2.75, 3.05) is 13.1 Å². The molecule has 0 bridgehead atoms. The second kappa shape index (κ2) is 6.78. The molecule has 1 aromatic carbocycles. The van der Waals surface area contributed by atoms with Crippen molar-refractivity contribution in [2.24, 2.45) is 0 Å². The SMILES string of the molecule is Clc1ccc(Br)c(CN2CCCCC2C2CCCN2)c1. The first-order valence-corrected chi connectivity index (χ1v) is 8.82. The molecule has 2 saturated heterocycles. The molecule has 2 heterocycles. The predicted molar refractivity (Wildman–Crippen MR) is 88.2 cm³/mol. The fourth-order valence-electron chi connectivity index (χ4n) is 3.59. The quantitative estimate of drug-likeness (QED) is 0.872. The molecular formula is C16H22BrClN2. The number of piperidine rings is 1. The summed E-state index contributed by atoms with van der Waals surface area (Å²) in [6.45, 7) is 3.40. The molecule has 2 fully saturated rings. The van der Waals surface area contributed by atoms with E-state index in [1.165, 1.54) is 55.2 Å². The Morgan fingerprint density at radius 2 is 2.15 bits per heavy atom. The second-order valence-electron chi connectivity index (χ2n) is 5.97. The summed E-state index contributed by atoms with van der Waals surface area (Å²) in [7, 11) is 0. The monoisotopic (exact) mass is 356 g/mol. The fourth-order valence-corrected chi connectivity index (χ4v) is 4.16. The first-order valence-electron chi connectivity index (χ1n) is 7.65. The van der Waals surface area contributed by atoms with E-state index in [2.05, 4.69) is 38.3 Å². The molecule has 0 aliphatic carbocycles. The van der Waals surface area contributed by atoms with Gasteiger partial charge in [0.15, 0.2) is 0 Å². The van der Waals surface area contributed by atoms with Crippen LogP contribution in [0.25, 0.3) is 0 Å². The van der Waals surface area contributed by atoms with Crippen molar-refractivity contribution in [3.05, 3.63) is 33.3 Å². The van der Waals surface area contributed by atoms with Crippen LogP contribution in [0, 0.1) is 0 Å². The third kappa shape index (κ3) is 3.38. The van der Waals surface area contributed by atoms with Gasteiger partial charge in [0.25, 0.3) is 0 Å². The van der Waals surface area contributed by atoms with Crippen LogP contribution in [0.5, 0.6) is 0 Å². The van der Waals surface area contributed by atoms with Crippen molar-refractivity contribution in [1.82, 2.24) is 10.2 Å². The highest BCUT2D eigenvalue weighted by Crippen LogP contribution is 2.28. The van der Waals surface area contributed by atoms with E-state index in [1.807, 2.05) is 6.07 Å². The van der Waals surface area contributed by atoms with Crippen molar-refractivity contribution in [1.29, 1.82) is 0 Å². The number of nitrogens with one attached hydrogen (secondary N) is 1.